The van der Waals surface area contributed by atoms with Crippen molar-refractivity contribution < 1.29 is 4.79 Å². The number of nitrogens with zero attached hydrogens (tertiary/aromatic N) is 1. The number of nitrogens with two attached hydrogens (primary N) is 1. The number of aromatic nitrogens is 1. The number of carbonyl (C=O) groups is 1. The molecule has 5 heteroatoms. The number of carbonyl (C=O) groups excluding carboxylic acids is 1. The highest BCUT2D eigenvalue weighted by Gasteiger charge is 2.02. The van der Waals surface area contributed by atoms with Crippen molar-refractivity contribution in [1.29, 1.82) is 0 Å². The number of anilines is 1. The van der Waals surface area contributed by atoms with Gasteiger partial charge in [-0.3, -0.25) is 4.79 Å². The quantitative estimate of drug-likeness (QED) is 0.597. The van der Waals surface area contributed by atoms with Gasteiger partial charge >= 0.3 is 0 Å². The van der Waals surface area contributed by atoms with Gasteiger partial charge in [-0.25, -0.2) is 0 Å². The fourth-order valence-corrected chi connectivity index (χ4v) is 1.08. The molecule has 0 aliphatic heterocycles. The first-order valence-corrected chi connectivity index (χ1v) is 3.37. The van der Waals surface area contributed by atoms with Crippen LogP contribution >= 0.6 is 24.2 Å². The molecule has 1 aromatic rings. The van der Waals surface area contributed by atoms with Gasteiger partial charge in [0.1, 0.15) is 10.7 Å². The molecule has 0 fully saturated rings. The van der Waals surface area contributed by atoms with Crippen LogP contribution in [0.4, 0.5) is 5.00 Å². The van der Waals surface area contributed by atoms with E-state index in [0.29, 0.717) is 10.7 Å². The first-order chi connectivity index (χ1) is 4.20. The van der Waals surface area contributed by atoms with Crippen LogP contribution in [0.5, 0.6) is 0 Å². The van der Waals surface area contributed by atoms with Crippen molar-refractivity contribution in [3.8, 4) is 0 Å². The van der Waals surface area contributed by atoms with Crippen LogP contribution in [-0.4, -0.2) is 9.49 Å². The van der Waals surface area contributed by atoms with Crippen molar-refractivity contribution in [2.45, 2.75) is 0 Å². The fourth-order valence-electron chi connectivity index (χ4n) is 0.390. The van der Waals surface area contributed by atoms with E-state index >= 15 is 0 Å². The van der Waals surface area contributed by atoms with Crippen LogP contribution in [0.15, 0.2) is 6.07 Å². The molecule has 0 amide bonds. The van der Waals surface area contributed by atoms with Gasteiger partial charge in [0.15, 0.2) is 0 Å². The van der Waals surface area contributed by atoms with Crippen LogP contribution in [0.3, 0.4) is 0 Å². The van der Waals surface area contributed by atoms with E-state index in [1.807, 2.05) is 0 Å². The minimum Gasteiger partial charge on any atom is -0.389 e. The number of thiol groups is 1. The van der Waals surface area contributed by atoms with Crippen LogP contribution in [0.2, 0.25) is 0 Å². The van der Waals surface area contributed by atoms with E-state index in [1.54, 1.807) is 0 Å². The number of nitrogen functional groups attached to an aromatic ring is 1. The summed E-state index contributed by atoms with van der Waals surface area (Å²) in [5, 5.41) is 0.190. The van der Waals surface area contributed by atoms with E-state index in [-0.39, 0.29) is 5.12 Å². The molecule has 0 radical (unpaired) electrons. The highest BCUT2D eigenvalue weighted by molar-refractivity contribution is 7.97. The van der Waals surface area contributed by atoms with Gasteiger partial charge in [-0.1, -0.05) is 12.6 Å². The maximum Gasteiger partial charge on any atom is 0.235 e. The molecule has 0 spiro atoms. The van der Waals surface area contributed by atoms with Crippen molar-refractivity contribution in [1.82, 2.24) is 4.37 Å². The molecule has 0 unspecified atom stereocenters. The smallest absolute Gasteiger partial charge is 0.235 e. The van der Waals surface area contributed by atoms with Crippen LogP contribution in [0, 0.1) is 0 Å². The zero-order chi connectivity index (χ0) is 6.85. The molecule has 0 bridgehead atoms. The van der Waals surface area contributed by atoms with Gasteiger partial charge in [-0.05, 0) is 11.5 Å². The Morgan fingerprint density at radius 3 is 2.78 bits per heavy atom. The average Bonchev–Trinajstić information content (AvgIpc) is 2.14. The molecule has 9 heavy (non-hydrogen) atoms. The predicted octanol–water partition coefficient (Wildman–Crippen LogP) is 0.795. The highest BCUT2D eigenvalue weighted by Crippen LogP contribution is 2.12. The van der Waals surface area contributed by atoms with Crippen LogP contribution < -0.4 is 5.73 Å². The Balaban J connectivity index is 2.98. The molecule has 0 aliphatic rings. The molecular weight excluding hydrogens is 156 g/mol. The normalized spacial score (nSPS) is 9.44. The molecule has 1 heterocycles. The second-order valence-corrected chi connectivity index (χ2v) is 2.66. The van der Waals surface area contributed by atoms with E-state index in [9.17, 15) is 4.79 Å². The molecule has 3 nitrogen and oxygen atoms in total. The van der Waals surface area contributed by atoms with E-state index in [1.165, 1.54) is 6.07 Å². The van der Waals surface area contributed by atoms with E-state index in [0.717, 1.165) is 11.5 Å². The summed E-state index contributed by atoms with van der Waals surface area (Å²) in [7, 11) is 0. The van der Waals surface area contributed by atoms with Crippen molar-refractivity contribution in [3.05, 3.63) is 11.8 Å². The summed E-state index contributed by atoms with van der Waals surface area (Å²) >= 11 is 4.64. The third-order valence-electron chi connectivity index (χ3n) is 0.747. The molecule has 2 N–H and O–H groups in total. The molecule has 48 valence electrons. The van der Waals surface area contributed by atoms with Gasteiger partial charge in [0, 0.05) is 6.07 Å². The van der Waals surface area contributed by atoms with Crippen molar-refractivity contribution in [2.75, 3.05) is 5.73 Å². The lowest BCUT2D eigenvalue weighted by atomic mass is 10.5. The lowest BCUT2D eigenvalue weighted by Crippen LogP contribution is -1.86. The topological polar surface area (TPSA) is 56.0 Å². The zero-order valence-electron chi connectivity index (χ0n) is 4.37. The second-order valence-electron chi connectivity index (χ2n) is 1.42. The lowest BCUT2D eigenvalue weighted by molar-refractivity contribution is 0.108. The van der Waals surface area contributed by atoms with Gasteiger partial charge in [-0.15, -0.1) is 0 Å². The SMILES string of the molecule is Nc1cc(C(=O)S)ns1. The Hall–Kier alpha value is -0.550. The van der Waals surface area contributed by atoms with E-state index in [4.69, 9.17) is 5.73 Å². The molecule has 1 aromatic heterocycles. The van der Waals surface area contributed by atoms with Crippen molar-refractivity contribution >= 4 is 34.3 Å². The molecule has 0 atom stereocenters. The second kappa shape index (κ2) is 2.36. The standard InChI is InChI=1S/C4H4N2OS2/c5-3-1-2(4(7)8)6-9-3/h1H,5H2,(H,7,8). The van der Waals surface area contributed by atoms with E-state index < -0.39 is 0 Å². The number of rotatable bonds is 1. The fraction of sp³-hybridized carbons (Fsp3) is 0. The molecule has 0 saturated carbocycles. The summed E-state index contributed by atoms with van der Waals surface area (Å²) in [6, 6.07) is 1.50. The summed E-state index contributed by atoms with van der Waals surface area (Å²) in [6.07, 6.45) is 0. The van der Waals surface area contributed by atoms with Crippen molar-refractivity contribution in [2.24, 2.45) is 0 Å². The number of hydrogen-bond donors (Lipinski definition) is 2. The summed E-state index contributed by atoms with van der Waals surface area (Å²) in [5.41, 5.74) is 5.61. The Morgan fingerprint density at radius 2 is 2.56 bits per heavy atom. The van der Waals surface area contributed by atoms with Gasteiger partial charge in [0.05, 0.1) is 0 Å². The molecular formula is C4H4N2OS2. The first-order valence-electron chi connectivity index (χ1n) is 2.15. The summed E-state index contributed by atoms with van der Waals surface area (Å²) in [6.45, 7) is 0. The van der Waals surface area contributed by atoms with Crippen LogP contribution in [0.25, 0.3) is 0 Å². The largest absolute Gasteiger partial charge is 0.389 e. The Morgan fingerprint density at radius 1 is 1.89 bits per heavy atom. The molecule has 1 rings (SSSR count). The zero-order valence-corrected chi connectivity index (χ0v) is 6.08. The molecule has 0 aromatic carbocycles. The highest BCUT2D eigenvalue weighted by atomic mass is 32.1. The summed E-state index contributed by atoms with van der Waals surface area (Å²) < 4.78 is 3.71. The Kier molecular flexibility index (Phi) is 1.73. The predicted molar refractivity (Wildman–Crippen MR) is 39.8 cm³/mol. The monoisotopic (exact) mass is 160 g/mol. The maximum atomic E-state index is 10.4. The number of hydrogen-bond acceptors (Lipinski definition) is 4. The molecule has 0 saturated heterocycles. The van der Waals surface area contributed by atoms with Gasteiger partial charge in [0.25, 0.3) is 0 Å². The van der Waals surface area contributed by atoms with Crippen LogP contribution in [-0.2, 0) is 0 Å². The Labute approximate surface area is 61.5 Å². The van der Waals surface area contributed by atoms with Crippen LogP contribution in [0.1, 0.15) is 10.5 Å². The lowest BCUT2D eigenvalue weighted by Gasteiger charge is -1.77. The third-order valence-corrected chi connectivity index (χ3v) is 1.59. The van der Waals surface area contributed by atoms with Gasteiger partial charge < -0.3 is 5.73 Å². The van der Waals surface area contributed by atoms with Crippen molar-refractivity contribution in [3.63, 3.8) is 0 Å². The first kappa shape index (κ1) is 6.57. The molecule has 0 aliphatic carbocycles. The minimum atomic E-state index is -0.344. The summed E-state index contributed by atoms with van der Waals surface area (Å²) in [4.78, 5) is 10.4. The Bertz CT molecular complexity index is 232. The summed E-state index contributed by atoms with van der Waals surface area (Å²) in [5.74, 6) is 0. The van der Waals surface area contributed by atoms with E-state index in [2.05, 4.69) is 17.0 Å². The average molecular weight is 160 g/mol. The maximum absolute atomic E-state index is 10.4. The minimum absolute atomic E-state index is 0.320. The third kappa shape index (κ3) is 1.43. The van der Waals surface area contributed by atoms with Gasteiger partial charge in [0.2, 0.25) is 5.12 Å². The van der Waals surface area contributed by atoms with Gasteiger partial charge in [-0.2, -0.15) is 4.37 Å².